The van der Waals surface area contributed by atoms with Crippen LogP contribution in [0, 0.1) is 6.92 Å². The molecular weight excluding hydrogens is 194 g/mol. The number of nitrogens with one attached hydrogen (secondary N) is 1. The molecule has 1 aliphatic rings. The average Bonchev–Trinajstić information content (AvgIpc) is 2.62. The van der Waals surface area contributed by atoms with Gasteiger partial charge in [-0.05, 0) is 26.7 Å². The third kappa shape index (κ3) is 2.54. The minimum absolute atomic E-state index is 0.156. The molecule has 0 atom stereocenters. The molecule has 0 aromatic carbocycles. The molecule has 0 bridgehead atoms. The second-order valence-corrected chi connectivity index (χ2v) is 4.32. The minimum Gasteiger partial charge on any atom is -0.381 e. The lowest BCUT2D eigenvalue weighted by molar-refractivity contribution is 0.0444. The van der Waals surface area contributed by atoms with E-state index in [1.165, 1.54) is 0 Å². The molecule has 2 rings (SSSR count). The summed E-state index contributed by atoms with van der Waals surface area (Å²) in [5.41, 5.74) is 1.91. The molecule has 1 saturated heterocycles. The quantitative estimate of drug-likeness (QED) is 0.809. The Labute approximate surface area is 89.1 Å². The van der Waals surface area contributed by atoms with Crippen molar-refractivity contribution in [1.29, 1.82) is 0 Å². The highest BCUT2D eigenvalue weighted by Gasteiger charge is 2.26. The maximum atomic E-state index is 5.34. The van der Waals surface area contributed by atoms with Crippen LogP contribution in [0.1, 0.15) is 31.2 Å². The molecule has 0 saturated carbocycles. The topological polar surface area (TPSA) is 60.2 Å². The molecular formula is C10H17N3O2. The van der Waals surface area contributed by atoms with Crippen LogP contribution < -0.4 is 5.32 Å². The molecule has 0 spiro atoms. The van der Waals surface area contributed by atoms with Crippen LogP contribution in [-0.4, -0.2) is 29.1 Å². The van der Waals surface area contributed by atoms with E-state index in [0.29, 0.717) is 6.54 Å². The smallest absolute Gasteiger partial charge is 0.121 e. The van der Waals surface area contributed by atoms with Crippen LogP contribution >= 0.6 is 0 Å². The van der Waals surface area contributed by atoms with E-state index < -0.39 is 0 Å². The first-order valence-electron chi connectivity index (χ1n) is 5.30. The van der Waals surface area contributed by atoms with Gasteiger partial charge in [-0.25, -0.2) is 4.63 Å². The average molecular weight is 211 g/mol. The van der Waals surface area contributed by atoms with E-state index >= 15 is 0 Å². The summed E-state index contributed by atoms with van der Waals surface area (Å²) in [7, 11) is 0. The lowest BCUT2D eigenvalue weighted by Gasteiger charge is -2.34. The first-order valence-corrected chi connectivity index (χ1v) is 5.30. The second-order valence-electron chi connectivity index (χ2n) is 4.32. The largest absolute Gasteiger partial charge is 0.381 e. The van der Waals surface area contributed by atoms with Crippen molar-refractivity contribution in [2.45, 2.75) is 38.8 Å². The number of aromatic nitrogens is 2. The van der Waals surface area contributed by atoms with Gasteiger partial charge in [0.05, 0.1) is 0 Å². The van der Waals surface area contributed by atoms with Gasteiger partial charge in [0.25, 0.3) is 0 Å². The van der Waals surface area contributed by atoms with Crippen LogP contribution in [0.3, 0.4) is 0 Å². The number of rotatable bonds is 3. The summed E-state index contributed by atoms with van der Waals surface area (Å²) in [5.74, 6) is 0. The van der Waals surface area contributed by atoms with Crippen molar-refractivity contribution in [3.05, 3.63) is 11.4 Å². The zero-order chi connectivity index (χ0) is 10.7. The molecule has 1 fully saturated rings. The highest BCUT2D eigenvalue weighted by Crippen LogP contribution is 2.20. The molecule has 0 aliphatic carbocycles. The minimum atomic E-state index is 0.156. The van der Waals surface area contributed by atoms with Gasteiger partial charge in [0.15, 0.2) is 0 Å². The van der Waals surface area contributed by atoms with E-state index in [0.717, 1.165) is 37.4 Å². The van der Waals surface area contributed by atoms with Crippen molar-refractivity contribution in [3.8, 4) is 0 Å². The molecule has 0 unspecified atom stereocenters. The fourth-order valence-electron chi connectivity index (χ4n) is 1.71. The fraction of sp³-hybridized carbons (Fsp3) is 0.800. The number of hydrogen-bond donors (Lipinski definition) is 1. The zero-order valence-electron chi connectivity index (χ0n) is 9.25. The molecule has 0 radical (unpaired) electrons. The number of nitrogens with zero attached hydrogens (tertiary/aromatic N) is 2. The summed E-state index contributed by atoms with van der Waals surface area (Å²) in [5, 5.41) is 11.1. The van der Waals surface area contributed by atoms with Gasteiger partial charge in [-0.1, -0.05) is 10.3 Å². The Kier molecular flexibility index (Phi) is 3.02. The molecule has 5 heteroatoms. The van der Waals surface area contributed by atoms with Gasteiger partial charge in [-0.3, -0.25) is 0 Å². The monoisotopic (exact) mass is 211 g/mol. The van der Waals surface area contributed by atoms with E-state index in [-0.39, 0.29) is 5.54 Å². The van der Waals surface area contributed by atoms with Gasteiger partial charge in [-0.15, -0.1) is 0 Å². The number of ether oxygens (including phenoxy) is 1. The molecule has 1 aromatic heterocycles. The lowest BCUT2D eigenvalue weighted by atomic mass is 9.92. The standard InChI is InChI=1S/C10H17N3O2/c1-8-9(13-15-12-8)7-11-10(2)3-5-14-6-4-10/h11H,3-7H2,1-2H3. The van der Waals surface area contributed by atoms with Gasteiger partial charge in [0, 0.05) is 25.3 Å². The van der Waals surface area contributed by atoms with Crippen LogP contribution in [0.25, 0.3) is 0 Å². The van der Waals surface area contributed by atoms with Crippen molar-refractivity contribution in [1.82, 2.24) is 15.6 Å². The van der Waals surface area contributed by atoms with Crippen LogP contribution in [0.5, 0.6) is 0 Å². The Hall–Kier alpha value is -0.940. The molecule has 1 aliphatic heterocycles. The summed E-state index contributed by atoms with van der Waals surface area (Å²) in [6.07, 6.45) is 2.08. The highest BCUT2D eigenvalue weighted by atomic mass is 16.6. The van der Waals surface area contributed by atoms with Gasteiger partial charge in [0.1, 0.15) is 11.4 Å². The Morgan fingerprint density at radius 2 is 2.07 bits per heavy atom. The number of aryl methyl sites for hydroxylation is 1. The Morgan fingerprint density at radius 3 is 2.67 bits per heavy atom. The first-order chi connectivity index (χ1) is 7.20. The van der Waals surface area contributed by atoms with Crippen LogP contribution in [0.2, 0.25) is 0 Å². The van der Waals surface area contributed by atoms with Gasteiger partial charge < -0.3 is 10.1 Å². The molecule has 1 aromatic rings. The lowest BCUT2D eigenvalue weighted by Crippen LogP contribution is -2.46. The Balaban J connectivity index is 1.89. The summed E-state index contributed by atoms with van der Waals surface area (Å²) in [6.45, 7) is 6.50. The maximum Gasteiger partial charge on any atom is 0.121 e. The second kappa shape index (κ2) is 4.28. The molecule has 5 nitrogen and oxygen atoms in total. The van der Waals surface area contributed by atoms with Gasteiger partial charge in [-0.2, -0.15) is 0 Å². The van der Waals surface area contributed by atoms with E-state index in [2.05, 4.69) is 27.2 Å². The third-order valence-corrected chi connectivity index (χ3v) is 3.03. The van der Waals surface area contributed by atoms with Crippen molar-refractivity contribution >= 4 is 0 Å². The Bertz CT molecular complexity index is 318. The van der Waals surface area contributed by atoms with Gasteiger partial charge in [0.2, 0.25) is 0 Å². The van der Waals surface area contributed by atoms with E-state index in [9.17, 15) is 0 Å². The van der Waals surface area contributed by atoms with Crippen LogP contribution in [-0.2, 0) is 11.3 Å². The molecule has 0 amide bonds. The van der Waals surface area contributed by atoms with E-state index in [1.54, 1.807) is 0 Å². The summed E-state index contributed by atoms with van der Waals surface area (Å²) in [6, 6.07) is 0. The third-order valence-electron chi connectivity index (χ3n) is 3.03. The highest BCUT2D eigenvalue weighted by molar-refractivity contribution is 5.05. The van der Waals surface area contributed by atoms with Crippen molar-refractivity contribution in [2.24, 2.45) is 0 Å². The SMILES string of the molecule is Cc1nonc1CNC1(C)CCOCC1. The number of hydrogen-bond acceptors (Lipinski definition) is 5. The molecule has 2 heterocycles. The predicted octanol–water partition coefficient (Wildman–Crippen LogP) is 1.04. The molecule has 15 heavy (non-hydrogen) atoms. The van der Waals surface area contributed by atoms with Crippen LogP contribution in [0.15, 0.2) is 4.63 Å². The fourth-order valence-corrected chi connectivity index (χ4v) is 1.71. The first kappa shape index (κ1) is 10.6. The zero-order valence-corrected chi connectivity index (χ0v) is 9.25. The molecule has 1 N–H and O–H groups in total. The van der Waals surface area contributed by atoms with Crippen molar-refractivity contribution in [2.75, 3.05) is 13.2 Å². The van der Waals surface area contributed by atoms with E-state index in [4.69, 9.17) is 4.74 Å². The maximum absolute atomic E-state index is 5.34. The summed E-state index contributed by atoms with van der Waals surface area (Å²) < 4.78 is 9.99. The summed E-state index contributed by atoms with van der Waals surface area (Å²) >= 11 is 0. The van der Waals surface area contributed by atoms with Crippen molar-refractivity contribution < 1.29 is 9.37 Å². The van der Waals surface area contributed by atoms with Crippen molar-refractivity contribution in [3.63, 3.8) is 0 Å². The van der Waals surface area contributed by atoms with E-state index in [1.807, 2.05) is 6.92 Å². The molecule has 84 valence electrons. The normalized spacial score (nSPS) is 20.4. The Morgan fingerprint density at radius 1 is 1.33 bits per heavy atom. The van der Waals surface area contributed by atoms with Gasteiger partial charge >= 0.3 is 0 Å². The predicted molar refractivity (Wildman–Crippen MR) is 54.3 cm³/mol. The summed E-state index contributed by atoms with van der Waals surface area (Å²) in [4.78, 5) is 0. The van der Waals surface area contributed by atoms with Crippen LogP contribution in [0.4, 0.5) is 0 Å².